The average Bonchev–Trinajstić information content (AvgIpc) is 3.24. The monoisotopic (exact) mass is 401 g/mol. The summed E-state index contributed by atoms with van der Waals surface area (Å²) in [6, 6.07) is 2.16. The van der Waals surface area contributed by atoms with Gasteiger partial charge in [0, 0.05) is 44.2 Å². The molecule has 0 unspecified atom stereocenters. The molecule has 5 rings (SSSR count). The summed E-state index contributed by atoms with van der Waals surface area (Å²) < 4.78 is 30.3. The molecule has 29 heavy (non-hydrogen) atoms. The van der Waals surface area contributed by atoms with Crippen LogP contribution in [0.5, 0.6) is 0 Å². The molecule has 1 aliphatic carbocycles. The van der Waals surface area contributed by atoms with Crippen molar-refractivity contribution in [2.24, 2.45) is 0 Å². The molecule has 1 aromatic heterocycles. The van der Waals surface area contributed by atoms with Gasteiger partial charge in [0.1, 0.15) is 17.6 Å². The first-order valence-corrected chi connectivity index (χ1v) is 9.72. The maximum absolute atomic E-state index is 15.0. The van der Waals surface area contributed by atoms with Crippen molar-refractivity contribution in [1.29, 1.82) is 0 Å². The minimum absolute atomic E-state index is 0.0260. The number of alkyl halides is 1. The summed E-state index contributed by atoms with van der Waals surface area (Å²) >= 11 is 0. The highest BCUT2D eigenvalue weighted by Gasteiger charge is 2.40. The standard InChI is InChI=1S/C21H21F2N3O3/c1-24-3-2-11-8-25(9-12(11)7-24)18-6-17-13(4-15(18)22)20(27)14(21(28)29)10-26(17)19-5-16(19)23/h4,6,10,16,19H,2-3,5,7-9H2,1H3,(H,28,29)/t16-,19+/m0/s1. The van der Waals surface area contributed by atoms with Gasteiger partial charge in [-0.05, 0) is 36.7 Å². The van der Waals surface area contributed by atoms with Crippen LogP contribution in [0.25, 0.3) is 10.9 Å². The second-order valence-corrected chi connectivity index (χ2v) is 8.28. The molecule has 3 heterocycles. The van der Waals surface area contributed by atoms with E-state index in [0.717, 1.165) is 25.6 Å². The Morgan fingerprint density at radius 2 is 1.93 bits per heavy atom. The fourth-order valence-electron chi connectivity index (χ4n) is 4.53. The molecule has 0 radical (unpaired) electrons. The molecule has 0 saturated heterocycles. The largest absolute Gasteiger partial charge is 0.477 e. The Morgan fingerprint density at radius 1 is 1.21 bits per heavy atom. The van der Waals surface area contributed by atoms with Crippen LogP contribution in [0, 0.1) is 5.82 Å². The Labute approximate surface area is 165 Å². The van der Waals surface area contributed by atoms with Crippen molar-refractivity contribution in [2.45, 2.75) is 25.1 Å². The highest BCUT2D eigenvalue weighted by atomic mass is 19.1. The van der Waals surface area contributed by atoms with E-state index in [2.05, 4.69) is 11.9 Å². The van der Waals surface area contributed by atoms with E-state index in [1.165, 1.54) is 21.9 Å². The fourth-order valence-corrected chi connectivity index (χ4v) is 4.53. The van der Waals surface area contributed by atoms with Crippen LogP contribution in [0.15, 0.2) is 34.3 Å². The minimum Gasteiger partial charge on any atom is -0.477 e. The highest BCUT2D eigenvalue weighted by Crippen LogP contribution is 2.41. The van der Waals surface area contributed by atoms with Gasteiger partial charge in [0.05, 0.1) is 17.2 Å². The number of nitrogens with zero attached hydrogens (tertiary/aromatic N) is 3. The van der Waals surface area contributed by atoms with Crippen LogP contribution < -0.4 is 10.3 Å². The number of carboxylic acid groups (broad SMARTS) is 1. The Morgan fingerprint density at radius 3 is 2.62 bits per heavy atom. The molecule has 6 nitrogen and oxygen atoms in total. The van der Waals surface area contributed by atoms with Crippen LogP contribution in [-0.2, 0) is 0 Å². The molecule has 0 bridgehead atoms. The normalized spacial score (nSPS) is 24.3. The van der Waals surface area contributed by atoms with E-state index in [4.69, 9.17) is 0 Å². The zero-order chi connectivity index (χ0) is 20.4. The van der Waals surface area contributed by atoms with Gasteiger partial charge in [-0.15, -0.1) is 0 Å². The number of anilines is 1. The lowest BCUT2D eigenvalue weighted by atomic mass is 10.0. The topological polar surface area (TPSA) is 65.8 Å². The number of pyridine rings is 1. The summed E-state index contributed by atoms with van der Waals surface area (Å²) in [6.07, 6.45) is 1.32. The van der Waals surface area contributed by atoms with Crippen molar-refractivity contribution in [3.8, 4) is 0 Å². The molecule has 1 fully saturated rings. The summed E-state index contributed by atoms with van der Waals surface area (Å²) in [7, 11) is 2.06. The number of aromatic nitrogens is 1. The van der Waals surface area contributed by atoms with Crippen LogP contribution in [-0.4, -0.2) is 59.9 Å². The Hall–Kier alpha value is -2.74. The molecule has 0 amide bonds. The summed E-state index contributed by atoms with van der Waals surface area (Å²) in [5.41, 5.74) is 2.15. The number of halogens is 2. The van der Waals surface area contributed by atoms with Crippen molar-refractivity contribution in [3.05, 3.63) is 51.1 Å². The summed E-state index contributed by atoms with van der Waals surface area (Å²) in [5, 5.41) is 9.31. The van der Waals surface area contributed by atoms with E-state index in [1.807, 2.05) is 4.90 Å². The Bertz CT molecular complexity index is 1140. The van der Waals surface area contributed by atoms with Gasteiger partial charge in [0.2, 0.25) is 5.43 Å². The van der Waals surface area contributed by atoms with Crippen molar-refractivity contribution in [1.82, 2.24) is 9.47 Å². The van der Waals surface area contributed by atoms with Crippen LogP contribution in [0.3, 0.4) is 0 Å². The van der Waals surface area contributed by atoms with Gasteiger partial charge in [-0.25, -0.2) is 13.6 Å². The van der Waals surface area contributed by atoms with Gasteiger partial charge in [0.15, 0.2) is 0 Å². The molecule has 2 aliphatic heterocycles. The number of hydrogen-bond donors (Lipinski definition) is 1. The van der Waals surface area contributed by atoms with Gasteiger partial charge in [-0.3, -0.25) is 4.79 Å². The first kappa shape index (κ1) is 18.3. The molecule has 152 valence electrons. The van der Waals surface area contributed by atoms with Crippen molar-refractivity contribution >= 4 is 22.6 Å². The number of fused-ring (bicyclic) bond motifs is 1. The highest BCUT2D eigenvalue weighted by molar-refractivity contribution is 5.93. The zero-order valence-electron chi connectivity index (χ0n) is 16.0. The minimum atomic E-state index is -1.40. The first-order chi connectivity index (χ1) is 13.8. The molecular weight excluding hydrogens is 380 g/mol. The summed E-state index contributed by atoms with van der Waals surface area (Å²) in [6.45, 7) is 3.09. The predicted octanol–water partition coefficient (Wildman–Crippen LogP) is 2.57. The van der Waals surface area contributed by atoms with Crippen LogP contribution in [0.4, 0.5) is 14.5 Å². The molecule has 1 N–H and O–H groups in total. The number of hydrogen-bond acceptors (Lipinski definition) is 4. The third-order valence-corrected chi connectivity index (χ3v) is 6.23. The van der Waals surface area contributed by atoms with E-state index < -0.39 is 35.0 Å². The maximum Gasteiger partial charge on any atom is 0.341 e. The summed E-state index contributed by atoms with van der Waals surface area (Å²) in [5.74, 6) is -1.96. The van der Waals surface area contributed by atoms with Gasteiger partial charge in [-0.1, -0.05) is 0 Å². The van der Waals surface area contributed by atoms with Gasteiger partial charge >= 0.3 is 5.97 Å². The summed E-state index contributed by atoms with van der Waals surface area (Å²) in [4.78, 5) is 28.2. The molecule has 1 aromatic carbocycles. The third-order valence-electron chi connectivity index (χ3n) is 6.23. The second kappa shape index (κ2) is 6.38. The van der Waals surface area contributed by atoms with Crippen LogP contribution in [0.1, 0.15) is 29.2 Å². The van der Waals surface area contributed by atoms with E-state index in [0.29, 0.717) is 24.3 Å². The van der Waals surface area contributed by atoms with Crippen molar-refractivity contribution in [3.63, 3.8) is 0 Å². The lowest BCUT2D eigenvalue weighted by Crippen LogP contribution is -2.28. The van der Waals surface area contributed by atoms with E-state index in [-0.39, 0.29) is 11.8 Å². The SMILES string of the molecule is CN1CCC2=C(C1)CN(c1cc3c(cc1F)c(=O)c(C(=O)O)cn3[C@@H]1C[C@@H]1F)C2. The number of likely N-dealkylation sites (N-methyl/N-ethyl adjacent to an activating group) is 1. The Balaban J connectivity index is 1.62. The number of rotatable bonds is 3. The maximum atomic E-state index is 15.0. The number of aromatic carboxylic acids is 1. The lowest BCUT2D eigenvalue weighted by molar-refractivity contribution is 0.0694. The third kappa shape index (κ3) is 2.93. The zero-order valence-corrected chi connectivity index (χ0v) is 16.0. The lowest BCUT2D eigenvalue weighted by Gasteiger charge is -2.23. The second-order valence-electron chi connectivity index (χ2n) is 8.28. The number of carbonyl (C=O) groups is 1. The van der Waals surface area contributed by atoms with Crippen LogP contribution >= 0.6 is 0 Å². The molecule has 2 atom stereocenters. The number of carboxylic acids is 1. The quantitative estimate of drug-likeness (QED) is 0.801. The molecule has 3 aliphatic rings. The van der Waals surface area contributed by atoms with Gasteiger partial charge in [-0.2, -0.15) is 0 Å². The fraction of sp³-hybridized carbons (Fsp3) is 0.429. The smallest absolute Gasteiger partial charge is 0.341 e. The molecule has 0 spiro atoms. The van der Waals surface area contributed by atoms with Crippen LogP contribution in [0.2, 0.25) is 0 Å². The predicted molar refractivity (Wildman–Crippen MR) is 105 cm³/mol. The van der Waals surface area contributed by atoms with Crippen molar-refractivity contribution < 1.29 is 18.7 Å². The van der Waals surface area contributed by atoms with E-state index in [9.17, 15) is 19.1 Å². The molecule has 2 aromatic rings. The Kier molecular flexibility index (Phi) is 4.03. The molecule has 1 saturated carbocycles. The molecule has 8 heteroatoms. The van der Waals surface area contributed by atoms with Gasteiger partial charge < -0.3 is 19.5 Å². The number of benzene rings is 1. The first-order valence-electron chi connectivity index (χ1n) is 9.72. The van der Waals surface area contributed by atoms with E-state index >= 15 is 4.39 Å². The average molecular weight is 401 g/mol. The van der Waals surface area contributed by atoms with Crippen molar-refractivity contribution in [2.75, 3.05) is 38.1 Å². The molecular formula is C21H21F2N3O3. The van der Waals surface area contributed by atoms with Gasteiger partial charge in [0.25, 0.3) is 0 Å². The van der Waals surface area contributed by atoms with E-state index in [1.54, 1.807) is 6.07 Å².